The van der Waals surface area contributed by atoms with Crippen molar-refractivity contribution in [3.8, 4) is 11.5 Å². The normalized spacial score (nSPS) is 14.9. The second-order valence-electron chi connectivity index (χ2n) is 4.65. The number of halogens is 3. The highest BCUT2D eigenvalue weighted by Gasteiger charge is 2.21. The smallest absolute Gasteiger partial charge is 0.194 e. The van der Waals surface area contributed by atoms with E-state index >= 15 is 0 Å². The number of ether oxygens (including phenoxy) is 2. The lowest BCUT2D eigenvalue weighted by atomic mass is 9.98. The van der Waals surface area contributed by atoms with E-state index in [9.17, 15) is 13.2 Å². The molecule has 0 fully saturated rings. The molecular weight excluding hydrogens is 283 g/mol. The highest BCUT2D eigenvalue weighted by Crippen LogP contribution is 2.34. The molecule has 1 unspecified atom stereocenters. The van der Waals surface area contributed by atoms with Crippen LogP contribution in [0.5, 0.6) is 11.5 Å². The maximum absolute atomic E-state index is 13.8. The van der Waals surface area contributed by atoms with Crippen molar-refractivity contribution in [1.82, 2.24) is 0 Å². The average molecular weight is 295 g/mol. The second-order valence-corrected chi connectivity index (χ2v) is 4.65. The Morgan fingerprint density at radius 1 is 0.905 bits per heavy atom. The van der Waals surface area contributed by atoms with E-state index in [1.54, 1.807) is 18.2 Å². The number of hydrogen-bond acceptors (Lipinski definition) is 3. The van der Waals surface area contributed by atoms with Gasteiger partial charge in [0.25, 0.3) is 0 Å². The zero-order valence-electron chi connectivity index (χ0n) is 10.9. The third kappa shape index (κ3) is 2.42. The fraction of sp³-hybridized carbons (Fsp3) is 0.200. The molecule has 0 spiro atoms. The van der Waals surface area contributed by atoms with Crippen molar-refractivity contribution in [3.05, 3.63) is 58.9 Å². The molecule has 3 rings (SSSR count). The summed E-state index contributed by atoms with van der Waals surface area (Å²) in [6.45, 7) is 0.863. The number of fused-ring (bicyclic) bond motifs is 1. The average Bonchev–Trinajstić information content (AvgIpc) is 2.52. The third-order valence-electron chi connectivity index (χ3n) is 3.33. The van der Waals surface area contributed by atoms with Crippen molar-refractivity contribution in [2.45, 2.75) is 6.04 Å². The molecule has 2 aromatic rings. The molecule has 21 heavy (non-hydrogen) atoms. The van der Waals surface area contributed by atoms with E-state index in [4.69, 9.17) is 15.2 Å². The van der Waals surface area contributed by atoms with Gasteiger partial charge in [0.2, 0.25) is 0 Å². The zero-order chi connectivity index (χ0) is 15.0. The molecule has 0 saturated heterocycles. The molecular formula is C15H12F3NO2. The predicted molar refractivity (Wildman–Crippen MR) is 69.8 cm³/mol. The van der Waals surface area contributed by atoms with Gasteiger partial charge in [-0.05, 0) is 23.8 Å². The lowest BCUT2D eigenvalue weighted by Crippen LogP contribution is -2.18. The molecule has 0 bridgehead atoms. The van der Waals surface area contributed by atoms with Gasteiger partial charge in [0.05, 0.1) is 6.04 Å². The van der Waals surface area contributed by atoms with Crippen molar-refractivity contribution in [2.24, 2.45) is 5.73 Å². The van der Waals surface area contributed by atoms with E-state index in [1.807, 2.05) is 0 Å². The summed E-state index contributed by atoms with van der Waals surface area (Å²) in [5, 5.41) is 0. The van der Waals surface area contributed by atoms with E-state index in [0.717, 1.165) is 12.1 Å². The van der Waals surface area contributed by atoms with Crippen LogP contribution in [0.2, 0.25) is 0 Å². The highest BCUT2D eigenvalue weighted by atomic mass is 19.2. The molecule has 1 aliphatic rings. The summed E-state index contributed by atoms with van der Waals surface area (Å²) in [6, 6.07) is 5.96. The molecule has 1 atom stereocenters. The van der Waals surface area contributed by atoms with Crippen molar-refractivity contribution >= 4 is 0 Å². The first-order chi connectivity index (χ1) is 10.1. The summed E-state index contributed by atoms with van der Waals surface area (Å²) in [7, 11) is 0. The molecule has 0 saturated carbocycles. The van der Waals surface area contributed by atoms with Crippen LogP contribution in [-0.4, -0.2) is 13.2 Å². The minimum absolute atomic E-state index is 0.120. The van der Waals surface area contributed by atoms with Crippen molar-refractivity contribution in [2.75, 3.05) is 13.2 Å². The minimum Gasteiger partial charge on any atom is -0.486 e. The van der Waals surface area contributed by atoms with Crippen LogP contribution >= 0.6 is 0 Å². The molecule has 0 aromatic heterocycles. The van der Waals surface area contributed by atoms with Gasteiger partial charge in [0.15, 0.2) is 29.0 Å². The van der Waals surface area contributed by atoms with E-state index < -0.39 is 23.5 Å². The first-order valence-corrected chi connectivity index (χ1v) is 6.36. The summed E-state index contributed by atoms with van der Waals surface area (Å²) in [5.41, 5.74) is 6.34. The fourth-order valence-electron chi connectivity index (χ4n) is 2.21. The van der Waals surface area contributed by atoms with Crippen LogP contribution in [0.3, 0.4) is 0 Å². The topological polar surface area (TPSA) is 44.5 Å². The first-order valence-electron chi connectivity index (χ1n) is 6.36. The number of rotatable bonds is 2. The van der Waals surface area contributed by atoms with Crippen molar-refractivity contribution in [1.29, 1.82) is 0 Å². The number of nitrogens with two attached hydrogens (primary N) is 1. The Balaban J connectivity index is 1.99. The SMILES string of the molecule is NC(c1ccc2c(c1)OCCO2)c1ccc(F)c(F)c1F. The fourth-order valence-corrected chi connectivity index (χ4v) is 2.21. The Bertz CT molecular complexity index is 691. The molecule has 3 nitrogen and oxygen atoms in total. The highest BCUT2D eigenvalue weighted by molar-refractivity contribution is 5.46. The molecule has 110 valence electrons. The Kier molecular flexibility index (Phi) is 3.47. The van der Waals surface area contributed by atoms with Crippen molar-refractivity contribution < 1.29 is 22.6 Å². The summed E-state index contributed by atoms with van der Waals surface area (Å²) in [5.74, 6) is -2.98. The van der Waals surface area contributed by atoms with E-state index in [2.05, 4.69) is 0 Å². The van der Waals surface area contributed by atoms with E-state index in [0.29, 0.717) is 30.3 Å². The van der Waals surface area contributed by atoms with Gasteiger partial charge in [0, 0.05) is 5.56 Å². The maximum Gasteiger partial charge on any atom is 0.194 e. The lowest BCUT2D eigenvalue weighted by molar-refractivity contribution is 0.171. The van der Waals surface area contributed by atoms with Gasteiger partial charge in [-0.3, -0.25) is 0 Å². The van der Waals surface area contributed by atoms with Crippen LogP contribution in [0.25, 0.3) is 0 Å². The second kappa shape index (κ2) is 5.29. The Labute approximate surface area is 119 Å². The van der Waals surface area contributed by atoms with Gasteiger partial charge < -0.3 is 15.2 Å². The first kappa shape index (κ1) is 13.8. The van der Waals surface area contributed by atoms with Crippen LogP contribution < -0.4 is 15.2 Å². The Hall–Kier alpha value is -2.21. The van der Waals surface area contributed by atoms with Crippen LogP contribution in [-0.2, 0) is 0 Å². The minimum atomic E-state index is -1.53. The maximum atomic E-state index is 13.8. The Morgan fingerprint density at radius 3 is 2.38 bits per heavy atom. The quantitative estimate of drug-likeness (QED) is 0.866. The van der Waals surface area contributed by atoms with E-state index in [1.165, 1.54) is 0 Å². The van der Waals surface area contributed by atoms with Gasteiger partial charge in [-0.25, -0.2) is 13.2 Å². The summed E-state index contributed by atoms with van der Waals surface area (Å²) >= 11 is 0. The number of hydrogen-bond donors (Lipinski definition) is 1. The van der Waals surface area contributed by atoms with Gasteiger partial charge in [-0.1, -0.05) is 12.1 Å². The molecule has 1 heterocycles. The predicted octanol–water partition coefficient (Wildman–Crippen LogP) is 2.92. The molecule has 6 heteroatoms. The molecule has 2 N–H and O–H groups in total. The van der Waals surface area contributed by atoms with Crippen LogP contribution in [0.1, 0.15) is 17.2 Å². The largest absolute Gasteiger partial charge is 0.486 e. The summed E-state index contributed by atoms with van der Waals surface area (Å²) in [6.07, 6.45) is 0. The number of benzene rings is 2. The monoisotopic (exact) mass is 295 g/mol. The van der Waals surface area contributed by atoms with Crippen LogP contribution in [0.4, 0.5) is 13.2 Å². The molecule has 0 aliphatic carbocycles. The van der Waals surface area contributed by atoms with Crippen LogP contribution in [0, 0.1) is 17.5 Å². The van der Waals surface area contributed by atoms with Gasteiger partial charge in [0.1, 0.15) is 13.2 Å². The van der Waals surface area contributed by atoms with Crippen molar-refractivity contribution in [3.63, 3.8) is 0 Å². The molecule has 2 aromatic carbocycles. The lowest BCUT2D eigenvalue weighted by Gasteiger charge is -2.21. The zero-order valence-corrected chi connectivity index (χ0v) is 10.9. The standard InChI is InChI=1S/C15H12F3NO2/c16-10-3-2-9(13(17)14(10)18)15(19)8-1-4-11-12(7-8)21-6-5-20-11/h1-4,7,15H,5-6,19H2. The Morgan fingerprint density at radius 2 is 1.62 bits per heavy atom. The third-order valence-corrected chi connectivity index (χ3v) is 3.33. The van der Waals surface area contributed by atoms with E-state index in [-0.39, 0.29) is 5.56 Å². The van der Waals surface area contributed by atoms with Gasteiger partial charge >= 0.3 is 0 Å². The van der Waals surface area contributed by atoms with Gasteiger partial charge in [-0.2, -0.15) is 0 Å². The molecule has 0 amide bonds. The molecule has 0 radical (unpaired) electrons. The molecule has 1 aliphatic heterocycles. The summed E-state index contributed by atoms with van der Waals surface area (Å²) in [4.78, 5) is 0. The van der Waals surface area contributed by atoms with Crippen LogP contribution in [0.15, 0.2) is 30.3 Å². The summed E-state index contributed by atoms with van der Waals surface area (Å²) < 4.78 is 50.8. The van der Waals surface area contributed by atoms with Gasteiger partial charge in [-0.15, -0.1) is 0 Å².